The van der Waals surface area contributed by atoms with Gasteiger partial charge in [0.2, 0.25) is 21.8 Å². The van der Waals surface area contributed by atoms with Crippen LogP contribution in [0.25, 0.3) is 11.5 Å². The Morgan fingerprint density at radius 1 is 1.19 bits per heavy atom. The van der Waals surface area contributed by atoms with Crippen LogP contribution in [0.4, 0.5) is 0 Å². The number of rotatable bonds is 4. The second-order valence-electron chi connectivity index (χ2n) is 6.35. The Morgan fingerprint density at radius 2 is 2.07 bits per heavy atom. The zero-order valence-corrected chi connectivity index (χ0v) is 15.9. The van der Waals surface area contributed by atoms with Crippen LogP contribution >= 0.6 is 11.6 Å². The minimum atomic E-state index is -3.62. The highest BCUT2D eigenvalue weighted by molar-refractivity contribution is 7.89. The van der Waals surface area contributed by atoms with E-state index in [1.165, 1.54) is 10.4 Å². The molecule has 1 aliphatic heterocycles. The van der Waals surface area contributed by atoms with Crippen LogP contribution in [0.2, 0.25) is 5.02 Å². The molecular weight excluding hydrogens is 388 g/mol. The Morgan fingerprint density at radius 3 is 2.85 bits per heavy atom. The van der Waals surface area contributed by atoms with Crippen LogP contribution in [0.3, 0.4) is 0 Å². The maximum atomic E-state index is 12.9. The fourth-order valence-corrected chi connectivity index (χ4v) is 4.97. The highest BCUT2D eigenvalue weighted by Gasteiger charge is 2.33. The standard InChI is InChI=1S/C18H17ClN4O3S/c19-15-6-1-7-16(10-15)27(24,25)23-9-3-5-14(12-23)18-22-21-17(26-18)13-4-2-8-20-11-13/h1-2,4,6-8,10-11,14H,3,5,9,12H2. The van der Waals surface area contributed by atoms with E-state index in [4.69, 9.17) is 16.0 Å². The zero-order valence-electron chi connectivity index (χ0n) is 14.3. The van der Waals surface area contributed by atoms with Gasteiger partial charge in [0, 0.05) is 30.5 Å². The number of hydrogen-bond donors (Lipinski definition) is 0. The van der Waals surface area contributed by atoms with Gasteiger partial charge in [0.05, 0.1) is 16.4 Å². The minimum absolute atomic E-state index is 0.148. The van der Waals surface area contributed by atoms with Gasteiger partial charge in [0.1, 0.15) is 0 Å². The highest BCUT2D eigenvalue weighted by Crippen LogP contribution is 2.31. The molecule has 0 spiro atoms. The molecule has 27 heavy (non-hydrogen) atoms. The summed E-state index contributed by atoms with van der Waals surface area (Å²) in [6.45, 7) is 0.748. The molecule has 2 aromatic heterocycles. The number of nitrogens with zero attached hydrogens (tertiary/aromatic N) is 4. The number of benzene rings is 1. The first-order valence-electron chi connectivity index (χ1n) is 8.53. The Balaban J connectivity index is 1.56. The third-order valence-corrected chi connectivity index (χ3v) is 6.61. The molecule has 4 rings (SSSR count). The van der Waals surface area contributed by atoms with Crippen molar-refractivity contribution in [3.63, 3.8) is 0 Å². The SMILES string of the molecule is O=S(=O)(c1cccc(Cl)c1)N1CCCC(c2nnc(-c3cccnc3)o2)C1. The Labute approximate surface area is 162 Å². The molecule has 0 aliphatic carbocycles. The van der Waals surface area contributed by atoms with Crippen molar-refractivity contribution < 1.29 is 12.8 Å². The number of sulfonamides is 1. The summed E-state index contributed by atoms with van der Waals surface area (Å²) in [5, 5.41) is 8.60. The predicted molar refractivity (Wildman–Crippen MR) is 99.7 cm³/mol. The molecule has 9 heteroatoms. The summed E-state index contributed by atoms with van der Waals surface area (Å²) in [5.74, 6) is 0.679. The summed E-state index contributed by atoms with van der Waals surface area (Å²) in [6.07, 6.45) is 4.82. The third-order valence-electron chi connectivity index (χ3n) is 4.52. The summed E-state index contributed by atoms with van der Waals surface area (Å²) in [5.41, 5.74) is 0.732. The topological polar surface area (TPSA) is 89.2 Å². The first kappa shape index (κ1) is 18.1. The van der Waals surface area contributed by atoms with Gasteiger partial charge in [0.15, 0.2) is 0 Å². The van der Waals surface area contributed by atoms with Gasteiger partial charge in [-0.15, -0.1) is 10.2 Å². The molecule has 1 saturated heterocycles. The van der Waals surface area contributed by atoms with Crippen LogP contribution in [-0.2, 0) is 10.0 Å². The second kappa shape index (κ2) is 7.38. The van der Waals surface area contributed by atoms with Crippen LogP contribution in [0.5, 0.6) is 0 Å². The highest BCUT2D eigenvalue weighted by atomic mass is 35.5. The normalized spacial score (nSPS) is 18.5. The molecule has 0 N–H and O–H groups in total. The average Bonchev–Trinajstić information content (AvgIpc) is 3.19. The maximum absolute atomic E-state index is 12.9. The summed E-state index contributed by atoms with van der Waals surface area (Å²) >= 11 is 5.95. The van der Waals surface area contributed by atoms with Gasteiger partial charge in [-0.05, 0) is 43.2 Å². The van der Waals surface area contributed by atoms with Gasteiger partial charge in [-0.25, -0.2) is 8.42 Å². The van der Waals surface area contributed by atoms with Crippen LogP contribution in [0.1, 0.15) is 24.7 Å². The van der Waals surface area contributed by atoms with E-state index in [2.05, 4.69) is 15.2 Å². The Hall–Kier alpha value is -2.29. The van der Waals surface area contributed by atoms with E-state index in [9.17, 15) is 8.42 Å². The monoisotopic (exact) mass is 404 g/mol. The molecule has 0 saturated carbocycles. The molecule has 1 unspecified atom stereocenters. The first-order valence-corrected chi connectivity index (χ1v) is 10.4. The van der Waals surface area contributed by atoms with Crippen molar-refractivity contribution >= 4 is 21.6 Å². The molecule has 140 valence electrons. The van der Waals surface area contributed by atoms with Gasteiger partial charge < -0.3 is 4.42 Å². The first-order chi connectivity index (χ1) is 13.0. The molecule has 7 nitrogen and oxygen atoms in total. The maximum Gasteiger partial charge on any atom is 0.249 e. The third kappa shape index (κ3) is 3.73. The van der Waals surface area contributed by atoms with Crippen molar-refractivity contribution in [1.29, 1.82) is 0 Å². The Kier molecular flexibility index (Phi) is 4.94. The van der Waals surface area contributed by atoms with E-state index in [1.54, 1.807) is 36.7 Å². The summed E-state index contributed by atoms with van der Waals surface area (Å²) in [4.78, 5) is 4.23. The summed E-state index contributed by atoms with van der Waals surface area (Å²) in [7, 11) is -3.62. The molecular formula is C18H17ClN4O3S. The molecule has 3 aromatic rings. The lowest BCUT2D eigenvalue weighted by molar-refractivity contribution is 0.286. The lowest BCUT2D eigenvalue weighted by Gasteiger charge is -2.30. The molecule has 0 amide bonds. The Bertz CT molecular complexity index is 1040. The molecule has 0 radical (unpaired) electrons. The second-order valence-corrected chi connectivity index (χ2v) is 8.72. The van der Waals surface area contributed by atoms with E-state index in [0.717, 1.165) is 18.4 Å². The fraction of sp³-hybridized carbons (Fsp3) is 0.278. The van der Waals surface area contributed by atoms with Crippen LogP contribution in [-0.4, -0.2) is 41.0 Å². The van der Waals surface area contributed by atoms with E-state index in [0.29, 0.717) is 29.9 Å². The number of aromatic nitrogens is 3. The molecule has 0 bridgehead atoms. The summed E-state index contributed by atoms with van der Waals surface area (Å²) < 4.78 is 33.1. The number of pyridine rings is 1. The quantitative estimate of drug-likeness (QED) is 0.662. The van der Waals surface area contributed by atoms with Crippen LogP contribution < -0.4 is 0 Å². The van der Waals surface area contributed by atoms with E-state index < -0.39 is 10.0 Å². The van der Waals surface area contributed by atoms with E-state index in [1.807, 2.05) is 6.07 Å². The average molecular weight is 405 g/mol. The minimum Gasteiger partial charge on any atom is -0.420 e. The lowest BCUT2D eigenvalue weighted by atomic mass is 10.00. The van der Waals surface area contributed by atoms with Gasteiger partial charge >= 0.3 is 0 Å². The van der Waals surface area contributed by atoms with Gasteiger partial charge in [-0.3, -0.25) is 4.98 Å². The van der Waals surface area contributed by atoms with Gasteiger partial charge in [0.25, 0.3) is 0 Å². The molecule has 1 atom stereocenters. The largest absolute Gasteiger partial charge is 0.420 e. The predicted octanol–water partition coefficient (Wildman–Crippen LogP) is 3.35. The van der Waals surface area contributed by atoms with E-state index >= 15 is 0 Å². The lowest BCUT2D eigenvalue weighted by Crippen LogP contribution is -2.39. The van der Waals surface area contributed by atoms with Crippen molar-refractivity contribution in [2.24, 2.45) is 0 Å². The van der Waals surface area contributed by atoms with Crippen molar-refractivity contribution in [1.82, 2.24) is 19.5 Å². The van der Waals surface area contributed by atoms with Crippen molar-refractivity contribution in [2.45, 2.75) is 23.7 Å². The smallest absolute Gasteiger partial charge is 0.249 e. The van der Waals surface area contributed by atoms with Crippen molar-refractivity contribution in [3.8, 4) is 11.5 Å². The van der Waals surface area contributed by atoms with Gasteiger partial charge in [-0.2, -0.15) is 4.31 Å². The summed E-state index contributed by atoms with van der Waals surface area (Å²) in [6, 6.07) is 9.93. The molecule has 1 aromatic carbocycles. The number of piperidine rings is 1. The van der Waals surface area contributed by atoms with Crippen LogP contribution in [0.15, 0.2) is 58.1 Å². The van der Waals surface area contributed by atoms with Crippen molar-refractivity contribution in [2.75, 3.05) is 13.1 Å². The van der Waals surface area contributed by atoms with Gasteiger partial charge in [-0.1, -0.05) is 17.7 Å². The number of halogens is 1. The van der Waals surface area contributed by atoms with Crippen LogP contribution in [0, 0.1) is 0 Å². The van der Waals surface area contributed by atoms with E-state index in [-0.39, 0.29) is 10.8 Å². The zero-order chi connectivity index (χ0) is 18.9. The van der Waals surface area contributed by atoms with Crippen molar-refractivity contribution in [3.05, 3.63) is 59.7 Å². The fourth-order valence-electron chi connectivity index (χ4n) is 3.14. The molecule has 1 fully saturated rings. The molecule has 1 aliphatic rings. The molecule has 3 heterocycles. The number of hydrogen-bond acceptors (Lipinski definition) is 6.